The Labute approximate surface area is 90.1 Å². The molecule has 2 heteroatoms. The van der Waals surface area contributed by atoms with Crippen LogP contribution in [-0.2, 0) is 0 Å². The number of nitrogens with zero attached hydrogens (tertiary/aromatic N) is 1. The summed E-state index contributed by atoms with van der Waals surface area (Å²) in [5.74, 6) is 1.00. The molecule has 1 N–H and O–H groups in total. The lowest BCUT2D eigenvalue weighted by atomic mass is 10.2. The minimum absolute atomic E-state index is 0.695. The van der Waals surface area contributed by atoms with Crippen LogP contribution in [0.25, 0.3) is 0 Å². The summed E-state index contributed by atoms with van der Waals surface area (Å²) in [5, 5.41) is 3.62. The summed E-state index contributed by atoms with van der Waals surface area (Å²) < 4.78 is 0. The molecule has 1 aliphatic rings. The maximum absolute atomic E-state index is 3.62. The highest BCUT2D eigenvalue weighted by molar-refractivity contribution is 4.78. The highest BCUT2D eigenvalue weighted by Gasteiger charge is 2.21. The van der Waals surface area contributed by atoms with Crippen LogP contribution < -0.4 is 5.32 Å². The Kier molecular flexibility index (Phi) is 8.20. The fourth-order valence-corrected chi connectivity index (χ4v) is 1.43. The van der Waals surface area contributed by atoms with Gasteiger partial charge in [0.25, 0.3) is 0 Å². The lowest BCUT2D eigenvalue weighted by Gasteiger charge is -2.20. The van der Waals surface area contributed by atoms with Gasteiger partial charge in [-0.2, -0.15) is 0 Å². The second kappa shape index (κ2) is 8.25. The van der Waals surface area contributed by atoms with E-state index in [2.05, 4.69) is 31.2 Å². The van der Waals surface area contributed by atoms with Crippen molar-refractivity contribution in [3.63, 3.8) is 0 Å². The minimum atomic E-state index is 0.695. The van der Waals surface area contributed by atoms with Crippen molar-refractivity contribution in [2.75, 3.05) is 27.2 Å². The molecule has 0 heterocycles. The molecular formula is C12H28N2. The summed E-state index contributed by atoms with van der Waals surface area (Å²) >= 11 is 0. The van der Waals surface area contributed by atoms with Gasteiger partial charge >= 0.3 is 0 Å². The summed E-state index contributed by atoms with van der Waals surface area (Å²) in [4.78, 5) is 2.26. The zero-order valence-corrected chi connectivity index (χ0v) is 10.6. The van der Waals surface area contributed by atoms with Crippen molar-refractivity contribution in [3.05, 3.63) is 0 Å². The Balaban J connectivity index is 0.000000791. The van der Waals surface area contributed by atoms with Crippen LogP contribution in [-0.4, -0.2) is 38.1 Å². The van der Waals surface area contributed by atoms with Crippen LogP contribution in [0.5, 0.6) is 0 Å². The molecule has 1 fully saturated rings. The van der Waals surface area contributed by atoms with E-state index in [9.17, 15) is 0 Å². The van der Waals surface area contributed by atoms with Crippen molar-refractivity contribution >= 4 is 0 Å². The van der Waals surface area contributed by atoms with Crippen molar-refractivity contribution < 1.29 is 0 Å². The molecular weight excluding hydrogens is 172 g/mol. The summed E-state index contributed by atoms with van der Waals surface area (Å²) in [5.41, 5.74) is 0. The van der Waals surface area contributed by atoms with E-state index in [4.69, 9.17) is 0 Å². The van der Waals surface area contributed by atoms with E-state index < -0.39 is 0 Å². The standard InChI is InChI=1S/C10H22N2.C2H6/c1-4-10(8-12(2)3)11-7-9-5-6-9;1-2/h9-11H,4-8H2,1-3H3;1-2H3. The molecule has 0 aromatic carbocycles. The highest BCUT2D eigenvalue weighted by Crippen LogP contribution is 2.27. The molecule has 0 aliphatic heterocycles. The summed E-state index contributed by atoms with van der Waals surface area (Å²) in [6.45, 7) is 8.67. The average molecular weight is 200 g/mol. The van der Waals surface area contributed by atoms with E-state index in [-0.39, 0.29) is 0 Å². The minimum Gasteiger partial charge on any atom is -0.312 e. The molecule has 1 rings (SSSR count). The third-order valence-electron chi connectivity index (χ3n) is 2.47. The van der Waals surface area contributed by atoms with Crippen LogP contribution in [0, 0.1) is 5.92 Å². The Morgan fingerprint density at radius 1 is 1.29 bits per heavy atom. The first-order valence-corrected chi connectivity index (χ1v) is 6.10. The SMILES string of the molecule is CC.CCC(CN(C)C)NCC1CC1. The van der Waals surface area contributed by atoms with Gasteiger partial charge < -0.3 is 10.2 Å². The van der Waals surface area contributed by atoms with Gasteiger partial charge in [0, 0.05) is 12.6 Å². The monoisotopic (exact) mass is 200 g/mol. The van der Waals surface area contributed by atoms with Gasteiger partial charge in [-0.25, -0.2) is 0 Å². The molecule has 14 heavy (non-hydrogen) atoms. The van der Waals surface area contributed by atoms with Crippen LogP contribution in [0.4, 0.5) is 0 Å². The lowest BCUT2D eigenvalue weighted by molar-refractivity contribution is 0.329. The zero-order valence-electron chi connectivity index (χ0n) is 10.6. The predicted molar refractivity (Wildman–Crippen MR) is 64.7 cm³/mol. The van der Waals surface area contributed by atoms with E-state index in [1.165, 1.54) is 32.4 Å². The predicted octanol–water partition coefficient (Wildman–Crippen LogP) is 2.35. The number of likely N-dealkylation sites (N-methyl/N-ethyl adjacent to an activating group) is 1. The first kappa shape index (κ1) is 13.9. The number of rotatable bonds is 6. The highest BCUT2D eigenvalue weighted by atomic mass is 15.1. The van der Waals surface area contributed by atoms with Gasteiger partial charge in [0.05, 0.1) is 0 Å². The molecule has 86 valence electrons. The first-order chi connectivity index (χ1) is 6.72. The molecule has 1 aliphatic carbocycles. The molecule has 1 atom stereocenters. The fraction of sp³-hybridized carbons (Fsp3) is 1.00. The van der Waals surface area contributed by atoms with Gasteiger partial charge in [-0.3, -0.25) is 0 Å². The summed E-state index contributed by atoms with van der Waals surface area (Å²) in [6, 6.07) is 0.695. The molecule has 0 bridgehead atoms. The molecule has 0 amide bonds. The van der Waals surface area contributed by atoms with Crippen LogP contribution in [0.2, 0.25) is 0 Å². The molecule has 1 unspecified atom stereocenters. The molecule has 0 aromatic heterocycles. The van der Waals surface area contributed by atoms with Crippen molar-refractivity contribution in [3.8, 4) is 0 Å². The van der Waals surface area contributed by atoms with E-state index >= 15 is 0 Å². The number of nitrogens with one attached hydrogen (secondary N) is 1. The topological polar surface area (TPSA) is 15.3 Å². The van der Waals surface area contributed by atoms with E-state index in [0.717, 1.165) is 5.92 Å². The Hall–Kier alpha value is -0.0800. The third kappa shape index (κ3) is 7.34. The summed E-state index contributed by atoms with van der Waals surface area (Å²) in [7, 11) is 4.28. The van der Waals surface area contributed by atoms with Gasteiger partial charge in [-0.1, -0.05) is 20.8 Å². The smallest absolute Gasteiger partial charge is 0.0192 e. The van der Waals surface area contributed by atoms with Gasteiger partial charge in [0.1, 0.15) is 0 Å². The van der Waals surface area contributed by atoms with Crippen molar-refractivity contribution in [2.24, 2.45) is 5.92 Å². The van der Waals surface area contributed by atoms with Crippen molar-refractivity contribution in [1.29, 1.82) is 0 Å². The van der Waals surface area contributed by atoms with E-state index in [1.807, 2.05) is 13.8 Å². The maximum atomic E-state index is 3.62. The number of hydrogen-bond acceptors (Lipinski definition) is 2. The average Bonchev–Trinajstić information content (AvgIpc) is 2.98. The lowest BCUT2D eigenvalue weighted by Crippen LogP contribution is -2.38. The van der Waals surface area contributed by atoms with Crippen molar-refractivity contribution in [2.45, 2.75) is 46.1 Å². The summed E-state index contributed by atoms with van der Waals surface area (Å²) in [6.07, 6.45) is 4.14. The number of hydrogen-bond donors (Lipinski definition) is 1. The van der Waals surface area contributed by atoms with Crippen LogP contribution in [0.1, 0.15) is 40.0 Å². The Morgan fingerprint density at radius 2 is 1.86 bits per heavy atom. The van der Waals surface area contributed by atoms with Gasteiger partial charge in [0.2, 0.25) is 0 Å². The molecule has 2 nitrogen and oxygen atoms in total. The molecule has 0 saturated heterocycles. The van der Waals surface area contributed by atoms with E-state index in [1.54, 1.807) is 0 Å². The molecule has 0 aromatic rings. The van der Waals surface area contributed by atoms with Gasteiger partial charge in [-0.15, -0.1) is 0 Å². The Bertz CT molecular complexity index is 119. The van der Waals surface area contributed by atoms with Crippen molar-refractivity contribution in [1.82, 2.24) is 10.2 Å². The third-order valence-corrected chi connectivity index (χ3v) is 2.47. The second-order valence-electron chi connectivity index (χ2n) is 4.22. The van der Waals surface area contributed by atoms with Gasteiger partial charge in [0.15, 0.2) is 0 Å². The first-order valence-electron chi connectivity index (χ1n) is 6.10. The zero-order chi connectivity index (χ0) is 11.0. The van der Waals surface area contributed by atoms with Crippen LogP contribution in [0.15, 0.2) is 0 Å². The fourth-order valence-electron chi connectivity index (χ4n) is 1.43. The Morgan fingerprint density at radius 3 is 2.21 bits per heavy atom. The van der Waals surface area contributed by atoms with Crippen LogP contribution >= 0.6 is 0 Å². The second-order valence-corrected chi connectivity index (χ2v) is 4.22. The molecule has 0 spiro atoms. The largest absolute Gasteiger partial charge is 0.312 e. The van der Waals surface area contributed by atoms with E-state index in [0.29, 0.717) is 6.04 Å². The van der Waals surface area contributed by atoms with Crippen LogP contribution in [0.3, 0.4) is 0 Å². The normalized spacial score (nSPS) is 17.6. The quantitative estimate of drug-likeness (QED) is 0.708. The molecule has 1 saturated carbocycles. The van der Waals surface area contributed by atoms with Gasteiger partial charge in [-0.05, 0) is 45.8 Å². The maximum Gasteiger partial charge on any atom is 0.0192 e. The molecule has 0 radical (unpaired) electrons.